The van der Waals surface area contributed by atoms with Crippen LogP contribution in [0.2, 0.25) is 0 Å². The van der Waals surface area contributed by atoms with Crippen LogP contribution in [-0.4, -0.2) is 27.9 Å². The van der Waals surface area contributed by atoms with Crippen molar-refractivity contribution in [2.24, 2.45) is 0 Å². The van der Waals surface area contributed by atoms with Crippen LogP contribution < -0.4 is 10.2 Å². The Bertz CT molecular complexity index is 1010. The SMILES string of the molecule is CCN(C(=O)c1nc(C(=O)Nc2ccccc2)n2c1CCCC2)c1ccccc1. The zero-order chi connectivity index (χ0) is 20.2. The fraction of sp³-hybridized carbons (Fsp3) is 0.261. The highest BCUT2D eigenvalue weighted by atomic mass is 16.2. The van der Waals surface area contributed by atoms with Gasteiger partial charge in [0.15, 0.2) is 11.5 Å². The van der Waals surface area contributed by atoms with E-state index in [2.05, 4.69) is 10.3 Å². The molecule has 0 bridgehead atoms. The van der Waals surface area contributed by atoms with E-state index >= 15 is 0 Å². The Kier molecular flexibility index (Phi) is 5.42. The smallest absolute Gasteiger partial charge is 0.291 e. The number of hydrogen-bond acceptors (Lipinski definition) is 3. The molecule has 2 aromatic carbocycles. The van der Waals surface area contributed by atoms with E-state index in [1.165, 1.54) is 0 Å². The molecule has 2 heterocycles. The fourth-order valence-electron chi connectivity index (χ4n) is 3.78. The number of carbonyl (C=O) groups is 2. The molecule has 29 heavy (non-hydrogen) atoms. The number of rotatable bonds is 5. The summed E-state index contributed by atoms with van der Waals surface area (Å²) in [5.74, 6) is -0.153. The van der Waals surface area contributed by atoms with Crippen molar-refractivity contribution in [1.29, 1.82) is 0 Å². The van der Waals surface area contributed by atoms with Gasteiger partial charge in [0, 0.05) is 24.5 Å². The molecule has 1 aromatic heterocycles. The highest BCUT2D eigenvalue weighted by Crippen LogP contribution is 2.25. The maximum atomic E-state index is 13.4. The lowest BCUT2D eigenvalue weighted by Crippen LogP contribution is -2.32. The molecular weight excluding hydrogens is 364 g/mol. The summed E-state index contributed by atoms with van der Waals surface area (Å²) >= 11 is 0. The third-order valence-corrected chi connectivity index (χ3v) is 5.18. The molecule has 0 spiro atoms. The van der Waals surface area contributed by atoms with Crippen LogP contribution in [0.25, 0.3) is 0 Å². The summed E-state index contributed by atoms with van der Waals surface area (Å²) in [6.07, 6.45) is 2.71. The standard InChI is InChI=1S/C23H24N4O2/c1-2-26(18-13-7-4-8-14-18)23(29)20-19-15-9-10-16-27(19)21(25-20)22(28)24-17-11-5-3-6-12-17/h3-8,11-14H,2,9-10,15-16H2,1H3,(H,24,28). The quantitative estimate of drug-likeness (QED) is 0.714. The van der Waals surface area contributed by atoms with E-state index in [1.807, 2.05) is 72.2 Å². The Morgan fingerprint density at radius 1 is 1.03 bits per heavy atom. The van der Waals surface area contributed by atoms with Gasteiger partial charge in [-0.25, -0.2) is 4.98 Å². The second-order valence-electron chi connectivity index (χ2n) is 7.04. The van der Waals surface area contributed by atoms with Gasteiger partial charge in [-0.1, -0.05) is 36.4 Å². The highest BCUT2D eigenvalue weighted by molar-refractivity contribution is 6.08. The van der Waals surface area contributed by atoms with E-state index in [0.717, 1.165) is 30.6 Å². The van der Waals surface area contributed by atoms with Crippen molar-refractivity contribution in [2.45, 2.75) is 32.7 Å². The Morgan fingerprint density at radius 2 is 1.72 bits per heavy atom. The molecule has 0 saturated carbocycles. The molecule has 2 amide bonds. The molecular formula is C23H24N4O2. The summed E-state index contributed by atoms with van der Waals surface area (Å²) in [4.78, 5) is 32.5. The first kappa shape index (κ1) is 18.9. The molecule has 0 radical (unpaired) electrons. The topological polar surface area (TPSA) is 67.2 Å². The van der Waals surface area contributed by atoms with E-state index in [9.17, 15) is 9.59 Å². The predicted octanol–water partition coefficient (Wildman–Crippen LogP) is 4.14. The average Bonchev–Trinajstić information content (AvgIpc) is 3.16. The van der Waals surface area contributed by atoms with Gasteiger partial charge in [-0.3, -0.25) is 9.59 Å². The van der Waals surface area contributed by atoms with Crippen LogP contribution in [0, 0.1) is 0 Å². The Hall–Kier alpha value is -3.41. The van der Waals surface area contributed by atoms with E-state index in [4.69, 9.17) is 0 Å². The summed E-state index contributed by atoms with van der Waals surface area (Å²) in [5.41, 5.74) is 2.77. The minimum Gasteiger partial charge on any atom is -0.323 e. The van der Waals surface area contributed by atoms with Crippen LogP contribution in [0.15, 0.2) is 60.7 Å². The number of hydrogen-bond donors (Lipinski definition) is 1. The van der Waals surface area contributed by atoms with E-state index in [0.29, 0.717) is 30.3 Å². The number of anilines is 2. The van der Waals surface area contributed by atoms with Gasteiger partial charge in [-0.05, 0) is 50.5 Å². The summed E-state index contributed by atoms with van der Waals surface area (Å²) in [5, 5.41) is 2.89. The van der Waals surface area contributed by atoms with Crippen molar-refractivity contribution in [3.05, 3.63) is 77.9 Å². The molecule has 1 aliphatic heterocycles. The number of amides is 2. The van der Waals surface area contributed by atoms with Crippen molar-refractivity contribution in [1.82, 2.24) is 9.55 Å². The molecule has 0 fully saturated rings. The molecule has 1 N–H and O–H groups in total. The number of para-hydroxylation sites is 2. The average molecular weight is 388 g/mol. The lowest BCUT2D eigenvalue weighted by atomic mass is 10.1. The van der Waals surface area contributed by atoms with Crippen molar-refractivity contribution < 1.29 is 9.59 Å². The first-order valence-electron chi connectivity index (χ1n) is 10.0. The second kappa shape index (κ2) is 8.31. The van der Waals surface area contributed by atoms with Crippen molar-refractivity contribution in [3.63, 3.8) is 0 Å². The van der Waals surface area contributed by atoms with Crippen LogP contribution in [0.3, 0.4) is 0 Å². The Labute approximate surface area is 170 Å². The number of carbonyl (C=O) groups excluding carboxylic acids is 2. The van der Waals surface area contributed by atoms with Crippen LogP contribution in [0.4, 0.5) is 11.4 Å². The van der Waals surface area contributed by atoms with Gasteiger partial charge in [0.25, 0.3) is 11.8 Å². The van der Waals surface area contributed by atoms with Crippen LogP contribution >= 0.6 is 0 Å². The molecule has 3 aromatic rings. The van der Waals surface area contributed by atoms with Crippen molar-refractivity contribution in [2.75, 3.05) is 16.8 Å². The Balaban J connectivity index is 1.69. The highest BCUT2D eigenvalue weighted by Gasteiger charge is 2.30. The van der Waals surface area contributed by atoms with Gasteiger partial charge < -0.3 is 14.8 Å². The van der Waals surface area contributed by atoms with Crippen LogP contribution in [0.1, 0.15) is 46.6 Å². The number of fused-ring (bicyclic) bond motifs is 1. The maximum Gasteiger partial charge on any atom is 0.291 e. The van der Waals surface area contributed by atoms with Gasteiger partial charge in [0.1, 0.15) is 0 Å². The predicted molar refractivity (Wildman–Crippen MR) is 113 cm³/mol. The normalized spacial score (nSPS) is 12.9. The lowest BCUT2D eigenvalue weighted by Gasteiger charge is -2.22. The van der Waals surface area contributed by atoms with E-state index in [-0.39, 0.29) is 11.8 Å². The zero-order valence-corrected chi connectivity index (χ0v) is 16.5. The Morgan fingerprint density at radius 3 is 2.41 bits per heavy atom. The molecule has 1 aliphatic rings. The summed E-state index contributed by atoms with van der Waals surface area (Å²) in [7, 11) is 0. The second-order valence-corrected chi connectivity index (χ2v) is 7.04. The number of nitrogens with zero attached hydrogens (tertiary/aromatic N) is 3. The number of imidazole rings is 1. The fourth-order valence-corrected chi connectivity index (χ4v) is 3.78. The van der Waals surface area contributed by atoms with Gasteiger partial charge in [-0.2, -0.15) is 0 Å². The van der Waals surface area contributed by atoms with E-state index in [1.54, 1.807) is 4.90 Å². The molecule has 0 aliphatic carbocycles. The monoisotopic (exact) mass is 388 g/mol. The zero-order valence-electron chi connectivity index (χ0n) is 16.5. The van der Waals surface area contributed by atoms with Gasteiger partial charge in [0.2, 0.25) is 0 Å². The van der Waals surface area contributed by atoms with Crippen molar-refractivity contribution >= 4 is 23.2 Å². The summed E-state index contributed by atoms with van der Waals surface area (Å²) in [6, 6.07) is 18.9. The van der Waals surface area contributed by atoms with Gasteiger partial charge >= 0.3 is 0 Å². The minimum absolute atomic E-state index is 0.164. The molecule has 148 valence electrons. The third kappa shape index (κ3) is 3.78. The molecule has 0 saturated heterocycles. The number of benzene rings is 2. The molecule has 4 rings (SSSR count). The van der Waals surface area contributed by atoms with Crippen LogP contribution in [-0.2, 0) is 13.0 Å². The third-order valence-electron chi connectivity index (χ3n) is 5.18. The number of aromatic nitrogens is 2. The molecule has 0 atom stereocenters. The van der Waals surface area contributed by atoms with E-state index < -0.39 is 0 Å². The van der Waals surface area contributed by atoms with Crippen molar-refractivity contribution in [3.8, 4) is 0 Å². The molecule has 0 unspecified atom stereocenters. The largest absolute Gasteiger partial charge is 0.323 e. The lowest BCUT2D eigenvalue weighted by molar-refractivity contribution is 0.0982. The first-order chi connectivity index (χ1) is 14.2. The molecule has 6 nitrogen and oxygen atoms in total. The summed E-state index contributed by atoms with van der Waals surface area (Å²) < 4.78 is 1.91. The minimum atomic E-state index is -0.291. The first-order valence-corrected chi connectivity index (χ1v) is 10.0. The van der Waals surface area contributed by atoms with Crippen LogP contribution in [0.5, 0.6) is 0 Å². The number of nitrogens with one attached hydrogen (secondary N) is 1. The maximum absolute atomic E-state index is 13.4. The van der Waals surface area contributed by atoms with Gasteiger partial charge in [0.05, 0.1) is 5.69 Å². The van der Waals surface area contributed by atoms with Gasteiger partial charge in [-0.15, -0.1) is 0 Å². The molecule has 6 heteroatoms. The summed E-state index contributed by atoms with van der Waals surface area (Å²) in [6.45, 7) is 3.17.